The zero-order valence-corrected chi connectivity index (χ0v) is 15.2. The predicted octanol–water partition coefficient (Wildman–Crippen LogP) is 3.27. The molecule has 1 atom stereocenters. The first-order chi connectivity index (χ1) is 13.5. The number of nitrogens with one attached hydrogen (secondary N) is 2. The third kappa shape index (κ3) is 3.42. The van der Waals surface area contributed by atoms with Crippen molar-refractivity contribution in [3.05, 3.63) is 66.2 Å². The summed E-state index contributed by atoms with van der Waals surface area (Å²) >= 11 is 0. The average Bonchev–Trinajstić information content (AvgIpc) is 3.12. The van der Waals surface area contributed by atoms with Crippen LogP contribution in [0.2, 0.25) is 0 Å². The van der Waals surface area contributed by atoms with Crippen molar-refractivity contribution < 1.29 is 14.4 Å². The number of nitrogens with zero attached hydrogens (tertiary/aromatic N) is 2. The number of Topliss-reactive ketones (excluding diaryl/α,β-unsaturated/α-hetero) is 1. The summed E-state index contributed by atoms with van der Waals surface area (Å²) in [7, 11) is 0. The molecule has 2 amide bonds. The van der Waals surface area contributed by atoms with Crippen LogP contribution in [0.5, 0.6) is 0 Å². The van der Waals surface area contributed by atoms with Crippen LogP contribution in [0, 0.1) is 0 Å². The van der Waals surface area contributed by atoms with Gasteiger partial charge in [0.05, 0.1) is 12.1 Å². The Balaban J connectivity index is 1.63. The second kappa shape index (κ2) is 7.11. The van der Waals surface area contributed by atoms with E-state index in [1.54, 1.807) is 30.3 Å². The number of carbonyl (C=O) groups is 3. The number of ketones is 1. The Morgan fingerprint density at radius 1 is 1.11 bits per heavy atom. The Morgan fingerprint density at radius 2 is 1.89 bits per heavy atom. The summed E-state index contributed by atoms with van der Waals surface area (Å²) in [6.45, 7) is 1.47. The van der Waals surface area contributed by atoms with Gasteiger partial charge in [-0.15, -0.1) is 0 Å². The molecule has 7 heteroatoms. The molecule has 2 heterocycles. The molecule has 1 aliphatic heterocycles. The fourth-order valence-electron chi connectivity index (χ4n) is 3.18. The average molecular weight is 374 g/mol. The molecule has 0 spiro atoms. The molecule has 28 heavy (non-hydrogen) atoms. The van der Waals surface area contributed by atoms with Crippen LogP contribution in [-0.2, 0) is 9.59 Å². The monoisotopic (exact) mass is 374 g/mol. The second-order valence-electron chi connectivity index (χ2n) is 6.62. The molecular weight excluding hydrogens is 356 g/mol. The molecule has 140 valence electrons. The molecule has 0 radical (unpaired) electrons. The Labute approximate surface area is 161 Å². The van der Waals surface area contributed by atoms with Gasteiger partial charge < -0.3 is 10.6 Å². The van der Waals surface area contributed by atoms with Gasteiger partial charge >= 0.3 is 0 Å². The topological polar surface area (TPSA) is 93.1 Å². The van der Waals surface area contributed by atoms with Crippen molar-refractivity contribution in [1.82, 2.24) is 9.78 Å². The third-order valence-electron chi connectivity index (χ3n) is 4.59. The Hall–Kier alpha value is -3.74. The van der Waals surface area contributed by atoms with Gasteiger partial charge in [-0.2, -0.15) is 5.10 Å². The fourth-order valence-corrected chi connectivity index (χ4v) is 3.18. The van der Waals surface area contributed by atoms with E-state index in [9.17, 15) is 14.4 Å². The van der Waals surface area contributed by atoms with Crippen LogP contribution in [0.4, 0.5) is 11.5 Å². The summed E-state index contributed by atoms with van der Waals surface area (Å²) in [6, 6.07) is 17.2. The SMILES string of the molecule is CC(=O)c1cccc(NC(=O)[C@@H]2CC(=O)Nc3cc(-c4ccccc4)nn32)c1. The van der Waals surface area contributed by atoms with Crippen LogP contribution in [0.25, 0.3) is 11.3 Å². The molecule has 2 N–H and O–H groups in total. The number of amides is 2. The van der Waals surface area contributed by atoms with Gasteiger partial charge in [-0.25, -0.2) is 4.68 Å². The zero-order valence-electron chi connectivity index (χ0n) is 15.2. The van der Waals surface area contributed by atoms with Crippen molar-refractivity contribution in [2.45, 2.75) is 19.4 Å². The van der Waals surface area contributed by atoms with Gasteiger partial charge in [-0.05, 0) is 19.1 Å². The first-order valence-corrected chi connectivity index (χ1v) is 8.88. The highest BCUT2D eigenvalue weighted by Crippen LogP contribution is 2.30. The molecule has 7 nitrogen and oxygen atoms in total. The fraction of sp³-hybridized carbons (Fsp3) is 0.143. The van der Waals surface area contributed by atoms with E-state index in [-0.39, 0.29) is 24.0 Å². The van der Waals surface area contributed by atoms with E-state index in [0.29, 0.717) is 22.8 Å². The minimum absolute atomic E-state index is 0.0128. The van der Waals surface area contributed by atoms with E-state index < -0.39 is 6.04 Å². The van der Waals surface area contributed by atoms with Crippen LogP contribution in [-0.4, -0.2) is 27.4 Å². The van der Waals surface area contributed by atoms with Crippen molar-refractivity contribution in [2.75, 3.05) is 10.6 Å². The van der Waals surface area contributed by atoms with Gasteiger partial charge in [-0.3, -0.25) is 14.4 Å². The van der Waals surface area contributed by atoms with Crippen LogP contribution >= 0.6 is 0 Å². The van der Waals surface area contributed by atoms with Crippen molar-refractivity contribution in [2.24, 2.45) is 0 Å². The van der Waals surface area contributed by atoms with Crippen molar-refractivity contribution >= 4 is 29.1 Å². The number of anilines is 2. The van der Waals surface area contributed by atoms with E-state index in [1.165, 1.54) is 11.6 Å². The molecule has 3 aromatic rings. The molecule has 2 aromatic carbocycles. The van der Waals surface area contributed by atoms with Gasteiger partial charge in [0.1, 0.15) is 11.9 Å². The van der Waals surface area contributed by atoms with Crippen LogP contribution in [0.15, 0.2) is 60.7 Å². The lowest BCUT2D eigenvalue weighted by Gasteiger charge is -2.23. The number of benzene rings is 2. The van der Waals surface area contributed by atoms with Gasteiger partial charge in [0, 0.05) is 22.9 Å². The maximum atomic E-state index is 12.9. The highest BCUT2D eigenvalue weighted by Gasteiger charge is 2.32. The number of fused-ring (bicyclic) bond motifs is 1. The number of rotatable bonds is 4. The summed E-state index contributed by atoms with van der Waals surface area (Å²) < 4.78 is 1.54. The summed E-state index contributed by atoms with van der Waals surface area (Å²) in [5.41, 5.74) is 2.58. The molecule has 0 saturated carbocycles. The third-order valence-corrected chi connectivity index (χ3v) is 4.59. The normalized spacial score (nSPS) is 15.5. The van der Waals surface area contributed by atoms with Crippen LogP contribution < -0.4 is 10.6 Å². The summed E-state index contributed by atoms with van der Waals surface area (Å²) in [6.07, 6.45) is -0.0128. The molecule has 4 rings (SSSR count). The van der Waals surface area contributed by atoms with Crippen LogP contribution in [0.1, 0.15) is 29.7 Å². The maximum absolute atomic E-state index is 12.9. The molecule has 0 unspecified atom stereocenters. The molecule has 1 aliphatic rings. The smallest absolute Gasteiger partial charge is 0.249 e. The summed E-state index contributed by atoms with van der Waals surface area (Å²) in [4.78, 5) is 36.5. The van der Waals surface area contributed by atoms with E-state index in [4.69, 9.17) is 0 Å². The summed E-state index contributed by atoms with van der Waals surface area (Å²) in [5, 5.41) is 10.1. The number of hydrogen-bond acceptors (Lipinski definition) is 4. The second-order valence-corrected chi connectivity index (χ2v) is 6.62. The summed E-state index contributed by atoms with van der Waals surface area (Å²) in [5.74, 6) is -0.216. The maximum Gasteiger partial charge on any atom is 0.249 e. The molecule has 0 saturated heterocycles. The lowest BCUT2D eigenvalue weighted by Crippen LogP contribution is -2.35. The number of aromatic nitrogens is 2. The van der Waals surface area contributed by atoms with Gasteiger partial charge in [0.25, 0.3) is 0 Å². The zero-order chi connectivity index (χ0) is 19.7. The standard InChI is InChI=1S/C21H18N4O3/c1-13(26)15-8-5-9-16(10-15)22-21(28)18-12-20(27)23-19-11-17(24-25(18)19)14-6-3-2-4-7-14/h2-11,18H,12H2,1H3,(H,22,28)(H,23,27)/t18-/m0/s1. The highest BCUT2D eigenvalue weighted by atomic mass is 16.2. The molecule has 0 aliphatic carbocycles. The van der Waals surface area contributed by atoms with E-state index >= 15 is 0 Å². The largest absolute Gasteiger partial charge is 0.324 e. The molecule has 0 bridgehead atoms. The molecule has 0 fully saturated rings. The first-order valence-electron chi connectivity index (χ1n) is 8.88. The quantitative estimate of drug-likeness (QED) is 0.686. The van der Waals surface area contributed by atoms with Gasteiger partial charge in [-0.1, -0.05) is 42.5 Å². The highest BCUT2D eigenvalue weighted by molar-refractivity contribution is 6.02. The molecular formula is C21H18N4O3. The lowest BCUT2D eigenvalue weighted by atomic mass is 10.1. The number of carbonyl (C=O) groups excluding carboxylic acids is 3. The Kier molecular flexibility index (Phi) is 4.49. The van der Waals surface area contributed by atoms with E-state index in [1.807, 2.05) is 30.3 Å². The Bertz CT molecular complexity index is 1070. The van der Waals surface area contributed by atoms with Gasteiger partial charge in [0.15, 0.2) is 5.78 Å². The number of hydrogen-bond donors (Lipinski definition) is 2. The minimum atomic E-state index is -0.776. The van der Waals surface area contributed by atoms with Crippen molar-refractivity contribution in [3.8, 4) is 11.3 Å². The first kappa shape index (κ1) is 17.7. The Morgan fingerprint density at radius 3 is 2.64 bits per heavy atom. The minimum Gasteiger partial charge on any atom is -0.324 e. The molecule has 1 aromatic heterocycles. The van der Waals surface area contributed by atoms with E-state index in [2.05, 4.69) is 15.7 Å². The van der Waals surface area contributed by atoms with Crippen molar-refractivity contribution in [3.63, 3.8) is 0 Å². The predicted molar refractivity (Wildman–Crippen MR) is 105 cm³/mol. The van der Waals surface area contributed by atoms with Gasteiger partial charge in [0.2, 0.25) is 11.8 Å². The van der Waals surface area contributed by atoms with E-state index in [0.717, 1.165) is 5.56 Å². The van der Waals surface area contributed by atoms with Crippen LogP contribution in [0.3, 0.4) is 0 Å². The lowest BCUT2D eigenvalue weighted by molar-refractivity contribution is -0.125. The van der Waals surface area contributed by atoms with Crippen molar-refractivity contribution in [1.29, 1.82) is 0 Å².